The van der Waals surface area contributed by atoms with Crippen LogP contribution in [0.25, 0.3) is 33.5 Å². The molecule has 8 heteroatoms. The van der Waals surface area contributed by atoms with Crippen LogP contribution < -0.4 is 0 Å². The number of halogens is 2. The molecule has 6 nitrogen and oxygen atoms in total. The SMILES string of the molecule is CC(C)n1c(-c2cc3ccccc3n2Cc2ccccc2)nc2cc(C(=O)N3CC(CC(=O)C(C)(F)F)C[C@@H]3C)ccc21. The average Bonchev–Trinajstić information content (AvgIpc) is 3.65. The molecule has 1 unspecified atom stereocenters. The molecular weight excluding hydrogens is 546 g/mol. The van der Waals surface area contributed by atoms with Crippen molar-refractivity contribution in [2.75, 3.05) is 6.54 Å². The number of nitrogens with zero attached hydrogens (tertiary/aromatic N) is 4. The van der Waals surface area contributed by atoms with Crippen LogP contribution in [0.1, 0.15) is 62.5 Å². The Kier molecular flexibility index (Phi) is 7.40. The molecule has 1 aliphatic rings. The van der Waals surface area contributed by atoms with Crippen molar-refractivity contribution in [2.45, 2.75) is 65.1 Å². The van der Waals surface area contributed by atoms with E-state index in [4.69, 9.17) is 4.98 Å². The summed E-state index contributed by atoms with van der Waals surface area (Å²) in [5.41, 5.74) is 5.45. The second kappa shape index (κ2) is 11.1. The number of carbonyl (C=O) groups is 2. The van der Waals surface area contributed by atoms with Crippen molar-refractivity contribution in [3.63, 3.8) is 0 Å². The van der Waals surface area contributed by atoms with Crippen LogP contribution in [-0.2, 0) is 11.3 Å². The van der Waals surface area contributed by atoms with E-state index in [0.29, 0.717) is 25.5 Å². The lowest BCUT2D eigenvalue weighted by Gasteiger charge is -2.21. The van der Waals surface area contributed by atoms with Gasteiger partial charge in [0, 0.05) is 55.0 Å². The van der Waals surface area contributed by atoms with Gasteiger partial charge in [0.2, 0.25) is 5.78 Å². The van der Waals surface area contributed by atoms with Gasteiger partial charge in [-0.05, 0) is 69.0 Å². The number of fused-ring (bicyclic) bond motifs is 2. The summed E-state index contributed by atoms with van der Waals surface area (Å²) in [5.74, 6) is -4.05. The van der Waals surface area contributed by atoms with Gasteiger partial charge >= 0.3 is 5.92 Å². The van der Waals surface area contributed by atoms with Crippen LogP contribution in [0.2, 0.25) is 0 Å². The highest BCUT2D eigenvalue weighted by molar-refractivity contribution is 5.98. The average molecular weight is 583 g/mol. The zero-order valence-corrected chi connectivity index (χ0v) is 24.9. The van der Waals surface area contributed by atoms with Gasteiger partial charge in [0.05, 0.1) is 16.7 Å². The van der Waals surface area contributed by atoms with E-state index in [0.717, 1.165) is 33.5 Å². The van der Waals surface area contributed by atoms with Crippen LogP contribution in [0.15, 0.2) is 78.9 Å². The minimum Gasteiger partial charge on any atom is -0.336 e. The number of carbonyl (C=O) groups excluding carboxylic acids is 2. The van der Waals surface area contributed by atoms with Gasteiger partial charge in [-0.15, -0.1) is 0 Å². The smallest absolute Gasteiger partial charge is 0.302 e. The van der Waals surface area contributed by atoms with Gasteiger partial charge in [0.25, 0.3) is 5.91 Å². The normalized spacial score (nSPS) is 17.4. The van der Waals surface area contributed by atoms with E-state index < -0.39 is 11.7 Å². The molecule has 0 saturated carbocycles. The lowest BCUT2D eigenvalue weighted by molar-refractivity contribution is -0.141. The fraction of sp³-hybridized carbons (Fsp3) is 0.343. The predicted molar refractivity (Wildman–Crippen MR) is 165 cm³/mol. The van der Waals surface area contributed by atoms with Gasteiger partial charge in [-0.25, -0.2) is 4.98 Å². The molecule has 3 heterocycles. The number of imidazole rings is 1. The Balaban J connectivity index is 1.37. The maximum absolute atomic E-state index is 13.7. The highest BCUT2D eigenvalue weighted by Crippen LogP contribution is 2.35. The maximum atomic E-state index is 13.7. The third-order valence-electron chi connectivity index (χ3n) is 8.56. The largest absolute Gasteiger partial charge is 0.336 e. The first kappa shape index (κ1) is 28.8. The Labute approximate surface area is 249 Å². The number of hydrogen-bond donors (Lipinski definition) is 0. The Morgan fingerprint density at radius 2 is 1.70 bits per heavy atom. The molecule has 1 saturated heterocycles. The molecule has 1 aliphatic heterocycles. The molecule has 1 amide bonds. The maximum Gasteiger partial charge on any atom is 0.302 e. The van der Waals surface area contributed by atoms with Crippen molar-refractivity contribution < 1.29 is 18.4 Å². The van der Waals surface area contributed by atoms with E-state index in [1.54, 1.807) is 4.90 Å². The van der Waals surface area contributed by atoms with Crippen molar-refractivity contribution in [1.82, 2.24) is 19.0 Å². The Bertz CT molecular complexity index is 1820. The second-order valence-corrected chi connectivity index (χ2v) is 12.2. The minimum absolute atomic E-state index is 0.110. The summed E-state index contributed by atoms with van der Waals surface area (Å²) in [6, 6.07) is 26.4. The summed E-state index contributed by atoms with van der Waals surface area (Å²) in [4.78, 5) is 32.4. The van der Waals surface area contributed by atoms with Crippen molar-refractivity contribution in [2.24, 2.45) is 5.92 Å². The summed E-state index contributed by atoms with van der Waals surface area (Å²) in [5, 5.41) is 1.13. The van der Waals surface area contributed by atoms with Crippen LogP contribution in [0.4, 0.5) is 8.78 Å². The molecule has 43 heavy (non-hydrogen) atoms. The highest BCUT2D eigenvalue weighted by Gasteiger charge is 2.39. The Morgan fingerprint density at radius 1 is 0.977 bits per heavy atom. The zero-order chi connectivity index (χ0) is 30.5. The van der Waals surface area contributed by atoms with Gasteiger partial charge in [-0.1, -0.05) is 48.5 Å². The summed E-state index contributed by atoms with van der Waals surface area (Å²) in [6.45, 7) is 7.77. The summed E-state index contributed by atoms with van der Waals surface area (Å²) in [6.07, 6.45) is 0.295. The molecule has 0 aliphatic carbocycles. The van der Waals surface area contributed by atoms with Gasteiger partial charge < -0.3 is 14.0 Å². The molecule has 0 spiro atoms. The van der Waals surface area contributed by atoms with E-state index in [9.17, 15) is 18.4 Å². The Morgan fingerprint density at radius 3 is 2.42 bits per heavy atom. The molecule has 5 aromatic rings. The number of likely N-dealkylation sites (tertiary alicyclic amines) is 1. The molecule has 222 valence electrons. The van der Waals surface area contributed by atoms with E-state index >= 15 is 0 Å². The lowest BCUT2D eigenvalue weighted by Crippen LogP contribution is -2.34. The number of ketones is 1. The predicted octanol–water partition coefficient (Wildman–Crippen LogP) is 7.75. The van der Waals surface area contributed by atoms with E-state index in [2.05, 4.69) is 53.3 Å². The van der Waals surface area contributed by atoms with Gasteiger partial charge in [-0.2, -0.15) is 8.78 Å². The molecule has 0 N–H and O–H groups in total. The fourth-order valence-corrected chi connectivity index (χ4v) is 6.45. The number of hydrogen-bond acceptors (Lipinski definition) is 3. The molecule has 0 bridgehead atoms. The van der Waals surface area contributed by atoms with Crippen LogP contribution in [-0.4, -0.2) is 49.2 Å². The number of alkyl halides is 2. The standard InChI is InChI=1S/C35H36F2N4O2/c1-22(2)41-30-15-14-27(34(43)39-21-25(16-23(39)3)17-32(42)35(4,36)37)18-28(30)38-33(41)31-19-26-12-8-9-13-29(26)40(31)20-24-10-6-5-7-11-24/h5-15,18-19,22-23,25H,16-17,20-21H2,1-4H3/t23-,25?/m0/s1. The van der Waals surface area contributed by atoms with E-state index in [1.165, 1.54) is 5.56 Å². The van der Waals surface area contributed by atoms with E-state index in [-0.39, 0.29) is 36.9 Å². The van der Waals surface area contributed by atoms with Crippen molar-refractivity contribution >= 4 is 33.6 Å². The monoisotopic (exact) mass is 582 g/mol. The first-order valence-electron chi connectivity index (χ1n) is 14.9. The third kappa shape index (κ3) is 5.46. The van der Waals surface area contributed by atoms with Crippen molar-refractivity contribution in [3.8, 4) is 11.5 Å². The molecule has 6 rings (SSSR count). The quantitative estimate of drug-likeness (QED) is 0.188. The van der Waals surface area contributed by atoms with E-state index in [1.807, 2.05) is 55.5 Å². The molecular formula is C35H36F2N4O2. The van der Waals surface area contributed by atoms with Crippen molar-refractivity contribution in [3.05, 3.63) is 90.0 Å². The van der Waals surface area contributed by atoms with Gasteiger partial charge in [0.15, 0.2) is 5.82 Å². The number of amides is 1. The van der Waals surface area contributed by atoms with Crippen LogP contribution in [0.3, 0.4) is 0 Å². The van der Waals surface area contributed by atoms with Crippen LogP contribution in [0.5, 0.6) is 0 Å². The first-order chi connectivity index (χ1) is 20.5. The zero-order valence-electron chi connectivity index (χ0n) is 24.9. The highest BCUT2D eigenvalue weighted by atomic mass is 19.3. The number of rotatable bonds is 8. The topological polar surface area (TPSA) is 60.1 Å². The summed E-state index contributed by atoms with van der Waals surface area (Å²) >= 11 is 0. The number of para-hydroxylation sites is 1. The number of benzene rings is 3. The first-order valence-corrected chi connectivity index (χ1v) is 14.9. The molecule has 3 aromatic carbocycles. The third-order valence-corrected chi connectivity index (χ3v) is 8.56. The van der Waals surface area contributed by atoms with Crippen LogP contribution in [0, 0.1) is 5.92 Å². The van der Waals surface area contributed by atoms with Gasteiger partial charge in [0.1, 0.15) is 0 Å². The van der Waals surface area contributed by atoms with Crippen LogP contribution >= 0.6 is 0 Å². The molecule has 2 aromatic heterocycles. The van der Waals surface area contributed by atoms with Gasteiger partial charge in [-0.3, -0.25) is 9.59 Å². The second-order valence-electron chi connectivity index (χ2n) is 12.2. The molecule has 1 fully saturated rings. The Hall–Kier alpha value is -4.33. The fourth-order valence-electron chi connectivity index (χ4n) is 6.45. The molecule has 2 atom stereocenters. The summed E-state index contributed by atoms with van der Waals surface area (Å²) < 4.78 is 31.5. The lowest BCUT2D eigenvalue weighted by atomic mass is 9.97. The number of aromatic nitrogens is 3. The van der Waals surface area contributed by atoms with Crippen molar-refractivity contribution in [1.29, 1.82) is 0 Å². The molecule has 0 radical (unpaired) electrons. The summed E-state index contributed by atoms with van der Waals surface area (Å²) in [7, 11) is 0. The minimum atomic E-state index is -3.36. The number of Topliss-reactive ketones (excluding diaryl/α,β-unsaturated/α-hetero) is 1.